The molecule has 6 nitrogen and oxygen atoms in total. The Hall–Kier alpha value is -3.69. The van der Waals surface area contributed by atoms with Crippen LogP contribution in [0.3, 0.4) is 0 Å². The van der Waals surface area contributed by atoms with E-state index in [1.807, 2.05) is 0 Å². The predicted octanol–water partition coefficient (Wildman–Crippen LogP) is 6.23. The Bertz CT molecular complexity index is 1570. The minimum absolute atomic E-state index is 0.0356. The maximum absolute atomic E-state index is 14.1. The van der Waals surface area contributed by atoms with Crippen LogP contribution in [0.25, 0.3) is 26.6 Å². The zero-order valence-corrected chi connectivity index (χ0v) is 18.3. The van der Waals surface area contributed by atoms with Gasteiger partial charge in [-0.3, -0.25) is 9.36 Å². The van der Waals surface area contributed by atoms with E-state index in [0.717, 1.165) is 28.0 Å². The number of ketones is 1. The maximum atomic E-state index is 14.1. The molecule has 5 aromatic rings. The standard InChI is InChI=1S/C23H13ClF2N2O4S/c1-10-2-7-16(32-10)20(29)18-19(11-3-5-13(25)14(26)8-11)28(22(31)21(18)30)23-27-15-6-4-12(24)9-17(15)33-23/h2-9,30-31H,1H3. The van der Waals surface area contributed by atoms with Gasteiger partial charge < -0.3 is 14.6 Å². The lowest BCUT2D eigenvalue weighted by Crippen LogP contribution is -2.04. The number of rotatable bonds is 4. The summed E-state index contributed by atoms with van der Waals surface area (Å²) in [7, 11) is 0. The van der Waals surface area contributed by atoms with Gasteiger partial charge in [0.15, 0.2) is 28.3 Å². The van der Waals surface area contributed by atoms with Crippen LogP contribution in [0.5, 0.6) is 11.6 Å². The minimum Gasteiger partial charge on any atom is -0.503 e. The number of nitrogens with zero attached hydrogens (tertiary/aromatic N) is 2. The summed E-state index contributed by atoms with van der Waals surface area (Å²) in [6, 6.07) is 11.0. The lowest BCUT2D eigenvalue weighted by Gasteiger charge is -2.09. The van der Waals surface area contributed by atoms with Crippen molar-refractivity contribution < 1.29 is 28.2 Å². The second kappa shape index (κ2) is 7.72. The number of carbonyl (C=O) groups excluding carboxylic acids is 1. The van der Waals surface area contributed by atoms with E-state index in [-0.39, 0.29) is 27.7 Å². The summed E-state index contributed by atoms with van der Waals surface area (Å²) in [6.07, 6.45) is 0. The third kappa shape index (κ3) is 3.46. The number of fused-ring (bicyclic) bond motifs is 1. The number of aromatic hydroxyl groups is 2. The van der Waals surface area contributed by atoms with Crippen molar-refractivity contribution in [3.63, 3.8) is 0 Å². The number of carbonyl (C=O) groups is 1. The van der Waals surface area contributed by atoms with Gasteiger partial charge in [-0.05, 0) is 55.5 Å². The van der Waals surface area contributed by atoms with Gasteiger partial charge in [0.1, 0.15) is 5.76 Å². The molecule has 3 heterocycles. The molecule has 2 aromatic carbocycles. The van der Waals surface area contributed by atoms with Crippen molar-refractivity contribution >= 4 is 38.9 Å². The third-order valence-electron chi connectivity index (χ3n) is 5.04. The van der Waals surface area contributed by atoms with Gasteiger partial charge in [0.2, 0.25) is 11.7 Å². The molecule has 10 heteroatoms. The molecule has 0 unspecified atom stereocenters. The molecule has 0 spiro atoms. The van der Waals surface area contributed by atoms with Gasteiger partial charge in [-0.15, -0.1) is 0 Å². The molecule has 0 aliphatic carbocycles. The average Bonchev–Trinajstić information content (AvgIpc) is 3.46. The van der Waals surface area contributed by atoms with Crippen LogP contribution in [0.4, 0.5) is 8.78 Å². The second-order valence-corrected chi connectivity index (χ2v) is 8.65. The van der Waals surface area contributed by atoms with Crippen LogP contribution in [0, 0.1) is 18.6 Å². The Labute approximate surface area is 193 Å². The molecular formula is C23H13ClF2N2O4S. The Kier molecular flexibility index (Phi) is 4.95. The summed E-state index contributed by atoms with van der Waals surface area (Å²) in [5.41, 5.74) is 0.171. The summed E-state index contributed by atoms with van der Waals surface area (Å²) in [6.45, 7) is 1.64. The molecule has 0 saturated heterocycles. The molecule has 0 saturated carbocycles. The van der Waals surface area contributed by atoms with Crippen LogP contribution >= 0.6 is 22.9 Å². The quantitative estimate of drug-likeness (QED) is 0.294. The SMILES string of the molecule is Cc1ccc(C(=O)c2c(O)c(O)n(-c3nc4ccc(Cl)cc4s3)c2-c2ccc(F)c(F)c2)o1. The number of benzene rings is 2. The monoisotopic (exact) mass is 486 g/mol. The normalized spacial score (nSPS) is 11.4. The highest BCUT2D eigenvalue weighted by Crippen LogP contribution is 2.45. The molecule has 0 amide bonds. The Morgan fingerprint density at radius 1 is 1.09 bits per heavy atom. The van der Waals surface area contributed by atoms with Gasteiger partial charge in [0, 0.05) is 10.6 Å². The van der Waals surface area contributed by atoms with Crippen molar-refractivity contribution in [1.82, 2.24) is 9.55 Å². The number of furan rings is 1. The fraction of sp³-hybridized carbons (Fsp3) is 0.0435. The number of thiazole rings is 1. The molecular weight excluding hydrogens is 474 g/mol. The largest absolute Gasteiger partial charge is 0.503 e. The molecule has 0 aliphatic heterocycles. The molecule has 2 N–H and O–H groups in total. The molecule has 3 aromatic heterocycles. The molecule has 0 fully saturated rings. The van der Waals surface area contributed by atoms with Crippen LogP contribution in [-0.2, 0) is 0 Å². The summed E-state index contributed by atoms with van der Waals surface area (Å²) in [4.78, 5) is 17.7. The molecule has 5 rings (SSSR count). The first-order valence-electron chi connectivity index (χ1n) is 9.54. The summed E-state index contributed by atoms with van der Waals surface area (Å²) in [5, 5.41) is 22.2. The number of hydrogen-bond donors (Lipinski definition) is 2. The van der Waals surface area contributed by atoms with E-state index in [9.17, 15) is 23.8 Å². The fourth-order valence-corrected chi connectivity index (χ4v) is 4.78. The molecule has 166 valence electrons. The summed E-state index contributed by atoms with van der Waals surface area (Å²) < 4.78 is 35.0. The molecule has 0 radical (unpaired) electrons. The van der Waals surface area contributed by atoms with Crippen molar-refractivity contribution in [1.29, 1.82) is 0 Å². The van der Waals surface area contributed by atoms with Crippen LogP contribution in [0.15, 0.2) is 52.9 Å². The Balaban J connectivity index is 1.83. The average molecular weight is 487 g/mol. The predicted molar refractivity (Wildman–Crippen MR) is 120 cm³/mol. The van der Waals surface area contributed by atoms with Crippen molar-refractivity contribution in [3.8, 4) is 28.0 Å². The highest BCUT2D eigenvalue weighted by molar-refractivity contribution is 7.20. The van der Waals surface area contributed by atoms with Crippen LogP contribution < -0.4 is 0 Å². The van der Waals surface area contributed by atoms with Crippen LogP contribution in [0.1, 0.15) is 21.9 Å². The zero-order valence-electron chi connectivity index (χ0n) is 16.8. The smallest absolute Gasteiger partial charge is 0.242 e. The number of halogens is 3. The Morgan fingerprint density at radius 3 is 2.58 bits per heavy atom. The lowest BCUT2D eigenvalue weighted by atomic mass is 10.0. The van der Waals surface area contributed by atoms with Crippen molar-refractivity contribution in [2.45, 2.75) is 6.92 Å². The highest BCUT2D eigenvalue weighted by atomic mass is 35.5. The van der Waals surface area contributed by atoms with E-state index >= 15 is 0 Å². The third-order valence-corrected chi connectivity index (χ3v) is 6.27. The summed E-state index contributed by atoms with van der Waals surface area (Å²) >= 11 is 7.18. The second-order valence-electron chi connectivity index (χ2n) is 7.21. The van der Waals surface area contributed by atoms with Crippen LogP contribution in [0.2, 0.25) is 5.02 Å². The van der Waals surface area contributed by atoms with E-state index in [1.165, 1.54) is 12.1 Å². The topological polar surface area (TPSA) is 88.5 Å². The van der Waals surface area contributed by atoms with Gasteiger partial charge >= 0.3 is 0 Å². The van der Waals surface area contributed by atoms with E-state index < -0.39 is 29.0 Å². The first kappa shape index (κ1) is 21.2. The van der Waals surface area contributed by atoms with Crippen molar-refractivity contribution in [3.05, 3.63) is 82.3 Å². The molecule has 0 bridgehead atoms. The van der Waals surface area contributed by atoms with Crippen molar-refractivity contribution in [2.75, 3.05) is 0 Å². The minimum atomic E-state index is -1.16. The molecule has 33 heavy (non-hydrogen) atoms. The molecule has 0 atom stereocenters. The fourth-order valence-electron chi connectivity index (χ4n) is 3.53. The number of hydrogen-bond acceptors (Lipinski definition) is 6. The highest BCUT2D eigenvalue weighted by Gasteiger charge is 2.32. The van der Waals surface area contributed by atoms with Crippen molar-refractivity contribution in [2.24, 2.45) is 0 Å². The van der Waals surface area contributed by atoms with Gasteiger partial charge in [-0.1, -0.05) is 22.9 Å². The first-order chi connectivity index (χ1) is 15.7. The molecule has 0 aliphatic rings. The van der Waals surface area contributed by atoms with E-state index in [4.69, 9.17) is 16.0 Å². The number of aryl methyl sites for hydroxylation is 1. The lowest BCUT2D eigenvalue weighted by molar-refractivity contribution is 0.101. The van der Waals surface area contributed by atoms with Crippen LogP contribution in [-0.4, -0.2) is 25.5 Å². The zero-order chi connectivity index (χ0) is 23.4. The van der Waals surface area contributed by atoms with Gasteiger partial charge in [-0.25, -0.2) is 13.8 Å². The van der Waals surface area contributed by atoms with E-state index in [0.29, 0.717) is 21.0 Å². The number of aromatic nitrogens is 2. The van der Waals surface area contributed by atoms with Gasteiger partial charge in [0.05, 0.1) is 21.5 Å². The summed E-state index contributed by atoms with van der Waals surface area (Å²) in [5.74, 6) is -4.08. The van der Waals surface area contributed by atoms with E-state index in [1.54, 1.807) is 31.2 Å². The van der Waals surface area contributed by atoms with Gasteiger partial charge in [0.25, 0.3) is 0 Å². The van der Waals surface area contributed by atoms with E-state index in [2.05, 4.69) is 4.98 Å². The maximum Gasteiger partial charge on any atom is 0.242 e. The first-order valence-corrected chi connectivity index (χ1v) is 10.7. The Morgan fingerprint density at radius 2 is 1.88 bits per heavy atom. The van der Waals surface area contributed by atoms with Gasteiger partial charge in [-0.2, -0.15) is 0 Å².